The fourth-order valence-electron chi connectivity index (χ4n) is 1.96. The van der Waals surface area contributed by atoms with Gasteiger partial charge in [0.15, 0.2) is 0 Å². The Morgan fingerprint density at radius 1 is 1.16 bits per heavy atom. The van der Waals surface area contributed by atoms with Gasteiger partial charge in [-0.1, -0.05) is 6.07 Å². The van der Waals surface area contributed by atoms with Crippen LogP contribution in [0.1, 0.15) is 35.3 Å². The molecule has 0 spiro atoms. The Morgan fingerprint density at radius 3 is 2.58 bits per heavy atom. The van der Waals surface area contributed by atoms with Crippen molar-refractivity contribution in [3.8, 4) is 11.6 Å². The van der Waals surface area contributed by atoms with Crippen molar-refractivity contribution in [3.05, 3.63) is 52.7 Å². The van der Waals surface area contributed by atoms with Crippen molar-refractivity contribution in [2.75, 3.05) is 0 Å². The van der Waals surface area contributed by atoms with E-state index in [0.717, 1.165) is 22.4 Å². The van der Waals surface area contributed by atoms with Gasteiger partial charge in [0.2, 0.25) is 5.88 Å². The molecule has 0 aliphatic heterocycles. The molecule has 0 saturated heterocycles. The van der Waals surface area contributed by atoms with E-state index in [1.54, 1.807) is 25.3 Å². The van der Waals surface area contributed by atoms with Gasteiger partial charge in [-0.15, -0.1) is 0 Å². The molecule has 0 aliphatic carbocycles. The molecule has 100 valence electrons. The van der Waals surface area contributed by atoms with Crippen LogP contribution in [0, 0.1) is 20.8 Å². The molecule has 0 aliphatic rings. The Balaban J connectivity index is 2.33. The molecule has 1 N–H and O–H groups in total. The number of aromatic nitrogens is 1. The largest absolute Gasteiger partial charge is 0.439 e. The quantitative estimate of drug-likeness (QED) is 0.908. The lowest BCUT2D eigenvalue weighted by Gasteiger charge is -2.12. The lowest BCUT2D eigenvalue weighted by atomic mass is 10.1. The topological polar surface area (TPSA) is 42.4 Å². The zero-order chi connectivity index (χ0) is 14.0. The molecule has 3 heteroatoms. The molecule has 2 rings (SSSR count). The lowest BCUT2D eigenvalue weighted by molar-refractivity contribution is 0.198. The average Bonchev–Trinajstić information content (AvgIpc) is 2.35. The minimum atomic E-state index is -0.523. The van der Waals surface area contributed by atoms with Crippen molar-refractivity contribution in [2.24, 2.45) is 0 Å². The van der Waals surface area contributed by atoms with Crippen LogP contribution in [0.3, 0.4) is 0 Å². The standard InChI is InChI=1S/C16H19NO2/c1-10-7-11(2)12(3)15(8-10)19-16-9-14(13(4)18)5-6-17-16/h5-9,13,18H,1-4H3. The van der Waals surface area contributed by atoms with Gasteiger partial charge in [-0.3, -0.25) is 0 Å². The minimum Gasteiger partial charge on any atom is -0.439 e. The zero-order valence-electron chi connectivity index (χ0n) is 11.8. The van der Waals surface area contributed by atoms with Gasteiger partial charge in [0.25, 0.3) is 0 Å². The second-order valence-electron chi connectivity index (χ2n) is 4.91. The van der Waals surface area contributed by atoms with Crippen LogP contribution in [-0.4, -0.2) is 10.1 Å². The van der Waals surface area contributed by atoms with Crippen molar-refractivity contribution < 1.29 is 9.84 Å². The molecule has 0 radical (unpaired) electrons. The maximum absolute atomic E-state index is 9.57. The van der Waals surface area contributed by atoms with Crippen LogP contribution < -0.4 is 4.74 Å². The van der Waals surface area contributed by atoms with E-state index < -0.39 is 6.10 Å². The highest BCUT2D eigenvalue weighted by Gasteiger charge is 2.08. The van der Waals surface area contributed by atoms with Crippen molar-refractivity contribution in [1.29, 1.82) is 0 Å². The van der Waals surface area contributed by atoms with Crippen LogP contribution in [0.4, 0.5) is 0 Å². The van der Waals surface area contributed by atoms with Crippen LogP contribution in [0.15, 0.2) is 30.5 Å². The summed E-state index contributed by atoms with van der Waals surface area (Å²) in [6.45, 7) is 7.86. The fourth-order valence-corrected chi connectivity index (χ4v) is 1.96. The zero-order valence-corrected chi connectivity index (χ0v) is 11.8. The number of aliphatic hydroxyl groups is 1. The number of hydrogen-bond donors (Lipinski definition) is 1. The van der Waals surface area contributed by atoms with Crippen molar-refractivity contribution in [3.63, 3.8) is 0 Å². The normalized spacial score (nSPS) is 12.3. The molecule has 1 atom stereocenters. The van der Waals surface area contributed by atoms with E-state index in [0.29, 0.717) is 5.88 Å². The molecule has 2 aromatic rings. The van der Waals surface area contributed by atoms with E-state index >= 15 is 0 Å². The fraction of sp³-hybridized carbons (Fsp3) is 0.312. The summed E-state index contributed by atoms with van der Waals surface area (Å²) in [4.78, 5) is 4.18. The van der Waals surface area contributed by atoms with Crippen molar-refractivity contribution in [1.82, 2.24) is 4.98 Å². The summed E-state index contributed by atoms with van der Waals surface area (Å²) < 4.78 is 5.84. The molecular formula is C16H19NO2. The van der Waals surface area contributed by atoms with E-state index in [-0.39, 0.29) is 0 Å². The maximum atomic E-state index is 9.57. The van der Waals surface area contributed by atoms with Crippen molar-refractivity contribution in [2.45, 2.75) is 33.8 Å². The molecule has 1 aromatic carbocycles. The van der Waals surface area contributed by atoms with E-state index in [4.69, 9.17) is 4.74 Å². The van der Waals surface area contributed by atoms with E-state index in [9.17, 15) is 5.11 Å². The number of nitrogens with zero attached hydrogens (tertiary/aromatic N) is 1. The summed E-state index contributed by atoms with van der Waals surface area (Å²) in [6, 6.07) is 7.68. The Morgan fingerprint density at radius 2 is 1.89 bits per heavy atom. The maximum Gasteiger partial charge on any atom is 0.219 e. The van der Waals surface area contributed by atoms with Gasteiger partial charge in [-0.2, -0.15) is 0 Å². The number of rotatable bonds is 3. The first-order valence-electron chi connectivity index (χ1n) is 6.37. The third-order valence-electron chi connectivity index (χ3n) is 3.22. The van der Waals surface area contributed by atoms with Gasteiger partial charge in [-0.05, 0) is 62.1 Å². The van der Waals surface area contributed by atoms with Crippen LogP contribution >= 0.6 is 0 Å². The minimum absolute atomic E-state index is 0.506. The van der Waals surface area contributed by atoms with Crippen LogP contribution in [0.2, 0.25) is 0 Å². The van der Waals surface area contributed by atoms with Gasteiger partial charge < -0.3 is 9.84 Å². The third-order valence-corrected chi connectivity index (χ3v) is 3.22. The summed E-state index contributed by atoms with van der Waals surface area (Å²) in [5.41, 5.74) is 4.26. The van der Waals surface area contributed by atoms with Gasteiger partial charge in [0.1, 0.15) is 5.75 Å². The number of ether oxygens (including phenoxy) is 1. The SMILES string of the molecule is Cc1cc(C)c(C)c(Oc2cc(C(C)O)ccn2)c1. The molecule has 1 heterocycles. The second kappa shape index (κ2) is 5.41. The summed E-state index contributed by atoms with van der Waals surface area (Å²) in [5, 5.41) is 9.57. The molecule has 1 aromatic heterocycles. The summed E-state index contributed by atoms with van der Waals surface area (Å²) in [7, 11) is 0. The summed E-state index contributed by atoms with van der Waals surface area (Å²) in [6.07, 6.45) is 1.13. The first-order chi connectivity index (χ1) is 8.97. The molecule has 3 nitrogen and oxygen atoms in total. The van der Waals surface area contributed by atoms with Gasteiger partial charge in [-0.25, -0.2) is 4.98 Å². The first kappa shape index (κ1) is 13.6. The third kappa shape index (κ3) is 3.12. The molecule has 0 amide bonds. The van der Waals surface area contributed by atoms with E-state index in [1.165, 1.54) is 5.56 Å². The first-order valence-corrected chi connectivity index (χ1v) is 6.37. The number of aliphatic hydroxyl groups excluding tert-OH is 1. The predicted octanol–water partition coefficient (Wildman–Crippen LogP) is 3.85. The smallest absolute Gasteiger partial charge is 0.219 e. The highest BCUT2D eigenvalue weighted by atomic mass is 16.5. The Hall–Kier alpha value is -1.87. The highest BCUT2D eigenvalue weighted by molar-refractivity contribution is 5.43. The highest BCUT2D eigenvalue weighted by Crippen LogP contribution is 2.28. The molecule has 19 heavy (non-hydrogen) atoms. The molecule has 1 unspecified atom stereocenters. The van der Waals surface area contributed by atoms with E-state index in [1.807, 2.05) is 19.9 Å². The molecular weight excluding hydrogens is 238 g/mol. The van der Waals surface area contributed by atoms with Gasteiger partial charge in [0.05, 0.1) is 6.10 Å². The predicted molar refractivity (Wildman–Crippen MR) is 75.6 cm³/mol. The lowest BCUT2D eigenvalue weighted by Crippen LogP contribution is -1.96. The molecule has 0 bridgehead atoms. The summed E-state index contributed by atoms with van der Waals surface area (Å²) in [5.74, 6) is 1.32. The Labute approximate surface area is 113 Å². The second-order valence-corrected chi connectivity index (χ2v) is 4.91. The van der Waals surface area contributed by atoms with E-state index in [2.05, 4.69) is 18.0 Å². The monoisotopic (exact) mass is 257 g/mol. The number of benzene rings is 1. The molecule has 0 saturated carbocycles. The summed E-state index contributed by atoms with van der Waals surface area (Å²) >= 11 is 0. The van der Waals surface area contributed by atoms with Gasteiger partial charge >= 0.3 is 0 Å². The van der Waals surface area contributed by atoms with Crippen LogP contribution in [0.5, 0.6) is 11.6 Å². The van der Waals surface area contributed by atoms with Crippen molar-refractivity contribution >= 4 is 0 Å². The van der Waals surface area contributed by atoms with Crippen LogP contribution in [-0.2, 0) is 0 Å². The van der Waals surface area contributed by atoms with Gasteiger partial charge in [0, 0.05) is 12.3 Å². The number of aryl methyl sites for hydroxylation is 2. The number of pyridine rings is 1. The Bertz CT molecular complexity index is 591. The number of hydrogen-bond acceptors (Lipinski definition) is 3. The Kier molecular flexibility index (Phi) is 3.86. The average molecular weight is 257 g/mol. The molecule has 0 fully saturated rings. The van der Waals surface area contributed by atoms with Crippen LogP contribution in [0.25, 0.3) is 0 Å².